The number of hydrogen-bond acceptors (Lipinski definition) is 10. The van der Waals surface area contributed by atoms with Crippen LogP contribution >= 0.6 is 30.4 Å². The van der Waals surface area contributed by atoms with Crippen molar-refractivity contribution in [2.45, 2.75) is 44.6 Å². The number of aromatic nitrogens is 1. The van der Waals surface area contributed by atoms with E-state index in [0.717, 1.165) is 52.1 Å². The van der Waals surface area contributed by atoms with Gasteiger partial charge in [-0.25, -0.2) is 9.78 Å². The molecule has 1 aliphatic rings. The summed E-state index contributed by atoms with van der Waals surface area (Å²) in [6, 6.07) is 41.5. The number of aryl methyl sites for hydroxylation is 1. The number of esters is 1. The molecule has 0 spiro atoms. The van der Waals surface area contributed by atoms with Crippen LogP contribution in [-0.4, -0.2) is 65.7 Å². The number of thioether (sulfide) groups is 1. The molecule has 7 rings (SSSR count). The molecule has 0 fully saturated rings. The number of aromatic hydroxyl groups is 1. The first-order valence-corrected chi connectivity index (χ1v) is 23.6. The van der Waals surface area contributed by atoms with E-state index >= 15 is 0 Å². The molecule has 0 aliphatic carbocycles. The van der Waals surface area contributed by atoms with E-state index in [4.69, 9.17) is 19.2 Å². The van der Waals surface area contributed by atoms with Gasteiger partial charge in [-0.1, -0.05) is 0 Å². The fourth-order valence-electron chi connectivity index (χ4n) is 7.52. The number of phenolic OH excluding ortho intramolecular Hbond substituents is 1. The monoisotopic (exact) mass is 833 g/mol. The van der Waals surface area contributed by atoms with Crippen LogP contribution < -0.4 is 30.7 Å². The third kappa shape index (κ3) is 9.55. The van der Waals surface area contributed by atoms with Gasteiger partial charge in [0.05, 0.1) is 24.4 Å². The molecule has 1 atom stereocenters. The zero-order valence-electron chi connectivity index (χ0n) is 32.7. The van der Waals surface area contributed by atoms with Crippen LogP contribution in [0.25, 0.3) is 10.2 Å². The number of phenols is 1. The summed E-state index contributed by atoms with van der Waals surface area (Å²) in [6.07, 6.45) is 5.76. The summed E-state index contributed by atoms with van der Waals surface area (Å²) in [4.78, 5) is 34.1. The molecule has 1 aliphatic heterocycles. The van der Waals surface area contributed by atoms with Crippen LogP contribution in [0.5, 0.6) is 23.0 Å². The molecule has 0 bridgehead atoms. The number of hydrogen-bond donors (Lipinski definition) is 2. The Bertz CT molecular complexity index is 2260. The SMILES string of the molecule is COC(=O)[C@H]1CSC(c2nc3ccc(Oc4cc(CCC(=O)NCCCCCC[PH](c5ccccc5)(c5ccccc5)c5ccccc5)c(O)c(OC)c4)cc3s2)=N1. The van der Waals surface area contributed by atoms with E-state index in [-0.39, 0.29) is 29.8 Å². The quantitative estimate of drug-likeness (QED) is 0.0506. The number of nitrogens with zero attached hydrogens (tertiary/aromatic N) is 2. The number of benzene rings is 5. The maximum absolute atomic E-state index is 13.0. The first kappa shape index (κ1) is 41.0. The molecule has 5 aromatic carbocycles. The minimum absolute atomic E-state index is 0.00793. The molecule has 2 N–H and O–H groups in total. The molecule has 0 unspecified atom stereocenters. The average Bonchev–Trinajstić information content (AvgIpc) is 3.94. The van der Waals surface area contributed by atoms with Gasteiger partial charge in [-0.15, -0.1) is 23.1 Å². The number of carbonyl (C=O) groups excluding carboxylic acids is 2. The van der Waals surface area contributed by atoms with Crippen LogP contribution in [0, 0.1) is 0 Å². The van der Waals surface area contributed by atoms with E-state index in [0.29, 0.717) is 35.8 Å². The Hall–Kier alpha value is -5.22. The summed E-state index contributed by atoms with van der Waals surface area (Å²) in [5.74, 6) is 1.43. The van der Waals surface area contributed by atoms with Gasteiger partial charge in [-0.2, -0.15) is 0 Å². The molecule has 1 amide bonds. The molecule has 0 radical (unpaired) electrons. The fraction of sp³-hybridized carbons (Fsp3) is 0.261. The van der Waals surface area contributed by atoms with Crippen LogP contribution in [0.3, 0.4) is 0 Å². The van der Waals surface area contributed by atoms with Crippen LogP contribution in [0.2, 0.25) is 0 Å². The van der Waals surface area contributed by atoms with E-state index in [9.17, 15) is 14.7 Å². The van der Waals surface area contributed by atoms with Gasteiger partial charge in [0.1, 0.15) is 21.6 Å². The average molecular weight is 834 g/mol. The third-order valence-electron chi connectivity index (χ3n) is 10.5. The zero-order valence-corrected chi connectivity index (χ0v) is 35.3. The van der Waals surface area contributed by atoms with E-state index in [2.05, 4.69) is 101 Å². The van der Waals surface area contributed by atoms with Gasteiger partial charge in [0, 0.05) is 17.9 Å². The van der Waals surface area contributed by atoms with Gasteiger partial charge in [0.15, 0.2) is 11.8 Å². The van der Waals surface area contributed by atoms with Crippen molar-refractivity contribution in [3.63, 3.8) is 0 Å². The maximum atomic E-state index is 13.0. The van der Waals surface area contributed by atoms with E-state index in [1.807, 2.05) is 18.2 Å². The van der Waals surface area contributed by atoms with Crippen LogP contribution in [-0.2, 0) is 20.7 Å². The molecule has 0 saturated carbocycles. The van der Waals surface area contributed by atoms with Crippen molar-refractivity contribution >= 4 is 73.4 Å². The smallest absolute Gasteiger partial charge is 0.504 e. The Balaban J connectivity index is 0.912. The number of ether oxygens (including phenoxy) is 3. The van der Waals surface area contributed by atoms with Crippen molar-refractivity contribution in [3.05, 3.63) is 132 Å². The zero-order chi connectivity index (χ0) is 40.3. The van der Waals surface area contributed by atoms with Crippen molar-refractivity contribution in [1.29, 1.82) is 0 Å². The Morgan fingerprint density at radius 3 is 2.10 bits per heavy atom. The number of thiazole rings is 1. The third-order valence-corrected chi connectivity index (χ3v) is 17.7. The Kier molecular flexibility index (Phi) is 13.8. The summed E-state index contributed by atoms with van der Waals surface area (Å²) in [5.41, 5.74) is 1.36. The van der Waals surface area contributed by atoms with Crippen molar-refractivity contribution in [2.24, 2.45) is 4.99 Å². The Morgan fingerprint density at radius 2 is 1.47 bits per heavy atom. The second-order valence-corrected chi connectivity index (χ2v) is 20.3. The first-order chi connectivity index (χ1) is 28.4. The summed E-state index contributed by atoms with van der Waals surface area (Å²) in [6.45, 7) is 0.607. The number of carbonyl (C=O) groups is 2. The normalized spacial score (nSPS) is 14.2. The minimum Gasteiger partial charge on any atom is -0.504 e. The molecule has 300 valence electrons. The van der Waals surface area contributed by atoms with Gasteiger partial charge in [-0.05, 0) is 12.1 Å². The van der Waals surface area contributed by atoms with Crippen molar-refractivity contribution < 1.29 is 28.9 Å². The Morgan fingerprint density at radius 1 is 0.810 bits per heavy atom. The second kappa shape index (κ2) is 19.5. The van der Waals surface area contributed by atoms with Gasteiger partial charge >= 0.3 is 205 Å². The van der Waals surface area contributed by atoms with Gasteiger partial charge in [-0.3, -0.25) is 4.99 Å². The number of nitrogens with one attached hydrogen (secondary N) is 1. The molecule has 9 nitrogen and oxygen atoms in total. The van der Waals surface area contributed by atoms with Gasteiger partial charge in [0.2, 0.25) is 0 Å². The van der Waals surface area contributed by atoms with Crippen molar-refractivity contribution in [3.8, 4) is 23.0 Å². The minimum atomic E-state index is -2.24. The number of unbranched alkanes of at least 4 members (excludes halogenated alkanes) is 3. The number of rotatable bonds is 18. The van der Waals surface area contributed by atoms with Crippen LogP contribution in [0.1, 0.15) is 42.7 Å². The predicted octanol–water partition coefficient (Wildman–Crippen LogP) is 8.17. The number of fused-ring (bicyclic) bond motifs is 1. The van der Waals surface area contributed by atoms with Crippen molar-refractivity contribution in [1.82, 2.24) is 10.3 Å². The summed E-state index contributed by atoms with van der Waals surface area (Å²) in [7, 11) is 0.614. The molecule has 6 aromatic rings. The Labute approximate surface area is 348 Å². The number of amides is 1. The van der Waals surface area contributed by atoms with E-state index < -0.39 is 13.3 Å². The molecule has 58 heavy (non-hydrogen) atoms. The molecule has 0 saturated heterocycles. The van der Waals surface area contributed by atoms with Crippen LogP contribution in [0.4, 0.5) is 0 Å². The summed E-state index contributed by atoms with van der Waals surface area (Å²) in [5, 5.41) is 19.8. The van der Waals surface area contributed by atoms with Crippen LogP contribution in [0.15, 0.2) is 126 Å². The standard InChI is InChI=1S/C46H48N3O6PS2/c1-53-40-29-34(55-33-23-24-38-41(30-33)58-45(48-38)44-49-39(31-57-44)46(52)54-2)28-32(43(40)51)22-25-42(50)47-26-14-3-4-15-27-56(35-16-8-5-9-17-35,36-18-10-6-11-19-36)37-20-12-7-13-21-37/h5-13,16-21,23-24,28-30,39,51,56H,3-4,14-15,22,25-27,31H2,1-2H3,(H,47,50)/t39-/m1/s1. The molecule has 12 heteroatoms. The van der Waals surface area contributed by atoms with E-state index in [1.165, 1.54) is 53.2 Å². The fourth-order valence-corrected chi connectivity index (χ4v) is 14.5. The molecular formula is C46H48N3O6PS2. The number of methoxy groups -OCH3 is 2. The van der Waals surface area contributed by atoms with Crippen molar-refractivity contribution in [2.75, 3.05) is 32.7 Å². The summed E-state index contributed by atoms with van der Waals surface area (Å²) < 4.78 is 17.4. The summed E-state index contributed by atoms with van der Waals surface area (Å²) >= 11 is 2.96. The first-order valence-electron chi connectivity index (χ1n) is 19.6. The molecular weight excluding hydrogens is 786 g/mol. The van der Waals surface area contributed by atoms with Gasteiger partial charge < -0.3 is 19.3 Å². The van der Waals surface area contributed by atoms with E-state index in [1.54, 1.807) is 12.1 Å². The van der Waals surface area contributed by atoms with Gasteiger partial charge in [0.25, 0.3) is 0 Å². The predicted molar refractivity (Wildman–Crippen MR) is 240 cm³/mol. The molecule has 1 aromatic heterocycles. The number of aliphatic imine (C=N–C) groups is 1. The second-order valence-electron chi connectivity index (χ2n) is 14.2. The topological polar surface area (TPSA) is 119 Å². The molecule has 2 heterocycles.